The van der Waals surface area contributed by atoms with Crippen molar-refractivity contribution in [3.05, 3.63) is 18.0 Å². The first-order valence-corrected chi connectivity index (χ1v) is 4.28. The van der Waals surface area contributed by atoms with Gasteiger partial charge >= 0.3 is 0 Å². The van der Waals surface area contributed by atoms with Crippen LogP contribution in [0.2, 0.25) is 0 Å². The third-order valence-electron chi connectivity index (χ3n) is 2.03. The molecule has 0 fully saturated rings. The highest BCUT2D eigenvalue weighted by atomic mass is 15.1. The fraction of sp³-hybridized carbons (Fsp3) is 0.333. The normalized spacial score (nSPS) is 11.3. The molecule has 0 saturated carbocycles. The number of pyridine rings is 1. The number of H-pyrrole nitrogens is 1. The second-order valence-corrected chi connectivity index (χ2v) is 3.42. The van der Waals surface area contributed by atoms with Crippen molar-refractivity contribution in [3.63, 3.8) is 0 Å². The van der Waals surface area contributed by atoms with Gasteiger partial charge in [-0.25, -0.2) is 4.98 Å². The largest absolute Gasteiger partial charge is 0.384 e. The lowest BCUT2D eigenvalue weighted by atomic mass is 10.1. The van der Waals surface area contributed by atoms with Crippen LogP contribution in [0.4, 0.5) is 5.82 Å². The van der Waals surface area contributed by atoms with Gasteiger partial charge in [-0.1, -0.05) is 13.8 Å². The number of nitrogen functional groups attached to an aromatic ring is 1. The second-order valence-electron chi connectivity index (χ2n) is 3.42. The topological polar surface area (TPSA) is 67.6 Å². The molecule has 68 valence electrons. The van der Waals surface area contributed by atoms with Gasteiger partial charge in [0.2, 0.25) is 0 Å². The molecule has 0 saturated heterocycles. The minimum Gasteiger partial charge on any atom is -0.384 e. The molecule has 0 atom stereocenters. The molecule has 13 heavy (non-hydrogen) atoms. The zero-order valence-electron chi connectivity index (χ0n) is 7.70. The summed E-state index contributed by atoms with van der Waals surface area (Å²) >= 11 is 0. The Bertz CT molecular complexity index is 430. The molecule has 0 spiro atoms. The third kappa shape index (κ3) is 1.24. The average molecular weight is 176 g/mol. The van der Waals surface area contributed by atoms with Crippen molar-refractivity contribution in [1.29, 1.82) is 0 Å². The van der Waals surface area contributed by atoms with E-state index in [2.05, 4.69) is 29.0 Å². The number of rotatable bonds is 1. The number of aromatic amines is 1. The van der Waals surface area contributed by atoms with Crippen molar-refractivity contribution >= 4 is 16.7 Å². The van der Waals surface area contributed by atoms with Crippen LogP contribution in [-0.2, 0) is 0 Å². The Labute approximate surface area is 76.2 Å². The van der Waals surface area contributed by atoms with E-state index in [9.17, 15) is 0 Å². The lowest BCUT2D eigenvalue weighted by Gasteiger charge is -2.06. The van der Waals surface area contributed by atoms with Gasteiger partial charge in [0.25, 0.3) is 0 Å². The highest BCUT2D eigenvalue weighted by Gasteiger charge is 2.09. The van der Waals surface area contributed by atoms with E-state index < -0.39 is 0 Å². The fourth-order valence-electron chi connectivity index (χ4n) is 1.43. The van der Waals surface area contributed by atoms with Gasteiger partial charge in [-0.05, 0) is 5.92 Å². The van der Waals surface area contributed by atoms with Crippen LogP contribution >= 0.6 is 0 Å². The summed E-state index contributed by atoms with van der Waals surface area (Å²) in [6.07, 6.45) is 1.79. The van der Waals surface area contributed by atoms with Gasteiger partial charge in [0.15, 0.2) is 0 Å². The predicted octanol–water partition coefficient (Wildman–Crippen LogP) is 1.66. The first kappa shape index (κ1) is 8.04. The minimum atomic E-state index is 0.364. The molecule has 2 aromatic heterocycles. The Morgan fingerprint density at radius 2 is 2.23 bits per heavy atom. The molecule has 0 aliphatic heterocycles. The van der Waals surface area contributed by atoms with Crippen LogP contribution in [0.15, 0.2) is 12.3 Å². The minimum absolute atomic E-state index is 0.364. The van der Waals surface area contributed by atoms with Crippen LogP contribution in [0, 0.1) is 0 Å². The van der Waals surface area contributed by atoms with E-state index in [0.717, 1.165) is 16.6 Å². The number of nitrogens with zero attached hydrogens (tertiary/aromatic N) is 2. The van der Waals surface area contributed by atoms with Crippen LogP contribution in [-0.4, -0.2) is 15.2 Å². The SMILES string of the molecule is CC(C)c1nc(N)cc2[nH]ncc12. The van der Waals surface area contributed by atoms with E-state index in [4.69, 9.17) is 5.73 Å². The highest BCUT2D eigenvalue weighted by Crippen LogP contribution is 2.23. The number of nitrogens with two attached hydrogens (primary N) is 1. The molecule has 2 rings (SSSR count). The summed E-state index contributed by atoms with van der Waals surface area (Å²) in [6, 6.07) is 1.80. The number of fused-ring (bicyclic) bond motifs is 1. The molecule has 2 aromatic rings. The first-order valence-electron chi connectivity index (χ1n) is 4.28. The molecule has 0 bridgehead atoms. The maximum absolute atomic E-state index is 5.66. The van der Waals surface area contributed by atoms with Crippen molar-refractivity contribution in [2.45, 2.75) is 19.8 Å². The fourth-order valence-corrected chi connectivity index (χ4v) is 1.43. The standard InChI is InChI=1S/C9H12N4/c1-5(2)9-6-4-11-13-7(6)3-8(10)12-9/h3-5H,1-2H3,(H2,10,12)(H,11,13). The summed E-state index contributed by atoms with van der Waals surface area (Å²) in [5.74, 6) is 0.907. The maximum Gasteiger partial charge on any atom is 0.125 e. The third-order valence-corrected chi connectivity index (χ3v) is 2.03. The molecule has 0 aliphatic carbocycles. The lowest BCUT2D eigenvalue weighted by Crippen LogP contribution is -1.98. The van der Waals surface area contributed by atoms with E-state index in [1.807, 2.05) is 0 Å². The highest BCUT2D eigenvalue weighted by molar-refractivity contribution is 5.82. The van der Waals surface area contributed by atoms with Gasteiger partial charge in [-0.15, -0.1) is 0 Å². The van der Waals surface area contributed by atoms with Crippen molar-refractivity contribution < 1.29 is 0 Å². The summed E-state index contributed by atoms with van der Waals surface area (Å²) in [5, 5.41) is 7.91. The van der Waals surface area contributed by atoms with Gasteiger partial charge in [0.05, 0.1) is 17.4 Å². The maximum atomic E-state index is 5.66. The summed E-state index contributed by atoms with van der Waals surface area (Å²) in [7, 11) is 0. The van der Waals surface area contributed by atoms with Gasteiger partial charge in [0, 0.05) is 11.5 Å². The van der Waals surface area contributed by atoms with Gasteiger partial charge in [0.1, 0.15) is 5.82 Å². The number of aromatic nitrogens is 3. The van der Waals surface area contributed by atoms with Crippen molar-refractivity contribution in [2.75, 3.05) is 5.73 Å². The van der Waals surface area contributed by atoms with Crippen LogP contribution in [0.3, 0.4) is 0 Å². The molecule has 2 heterocycles. The zero-order valence-corrected chi connectivity index (χ0v) is 7.70. The molecule has 4 nitrogen and oxygen atoms in total. The lowest BCUT2D eigenvalue weighted by molar-refractivity contribution is 0.837. The van der Waals surface area contributed by atoms with Crippen LogP contribution < -0.4 is 5.73 Å². The molecule has 0 radical (unpaired) electrons. The van der Waals surface area contributed by atoms with E-state index in [0.29, 0.717) is 11.7 Å². The van der Waals surface area contributed by atoms with E-state index in [1.165, 1.54) is 0 Å². The first-order chi connectivity index (χ1) is 6.18. The van der Waals surface area contributed by atoms with Crippen LogP contribution in [0.25, 0.3) is 10.9 Å². The summed E-state index contributed by atoms with van der Waals surface area (Å²) in [4.78, 5) is 4.29. The van der Waals surface area contributed by atoms with Crippen LogP contribution in [0.1, 0.15) is 25.5 Å². The average Bonchev–Trinajstić information content (AvgIpc) is 2.49. The number of nitrogens with one attached hydrogen (secondary N) is 1. The molecule has 3 N–H and O–H groups in total. The molecule has 0 amide bonds. The Kier molecular flexibility index (Phi) is 1.69. The summed E-state index contributed by atoms with van der Waals surface area (Å²) in [5.41, 5.74) is 7.62. The monoisotopic (exact) mass is 176 g/mol. The molecule has 0 unspecified atom stereocenters. The quantitative estimate of drug-likeness (QED) is 0.694. The molecular formula is C9H12N4. The number of hydrogen-bond acceptors (Lipinski definition) is 3. The van der Waals surface area contributed by atoms with Gasteiger partial charge in [-0.3, -0.25) is 5.10 Å². The van der Waals surface area contributed by atoms with Crippen molar-refractivity contribution in [2.24, 2.45) is 0 Å². The summed E-state index contributed by atoms with van der Waals surface area (Å²) < 4.78 is 0. The Balaban J connectivity index is 2.77. The second kappa shape index (κ2) is 2.73. The molecular weight excluding hydrogens is 164 g/mol. The predicted molar refractivity (Wildman–Crippen MR) is 52.4 cm³/mol. The van der Waals surface area contributed by atoms with E-state index in [1.54, 1.807) is 12.3 Å². The molecule has 0 aromatic carbocycles. The van der Waals surface area contributed by atoms with Gasteiger partial charge < -0.3 is 5.73 Å². The Hall–Kier alpha value is -1.58. The number of anilines is 1. The van der Waals surface area contributed by atoms with E-state index >= 15 is 0 Å². The molecule has 0 aliphatic rings. The van der Waals surface area contributed by atoms with Crippen molar-refractivity contribution in [1.82, 2.24) is 15.2 Å². The van der Waals surface area contributed by atoms with Crippen molar-refractivity contribution in [3.8, 4) is 0 Å². The molecule has 4 heteroatoms. The van der Waals surface area contributed by atoms with Gasteiger partial charge in [-0.2, -0.15) is 5.10 Å². The summed E-state index contributed by atoms with van der Waals surface area (Å²) in [6.45, 7) is 4.18. The van der Waals surface area contributed by atoms with E-state index in [-0.39, 0.29) is 0 Å². The number of hydrogen-bond donors (Lipinski definition) is 2. The smallest absolute Gasteiger partial charge is 0.125 e. The Morgan fingerprint density at radius 3 is 2.92 bits per heavy atom. The Morgan fingerprint density at radius 1 is 1.46 bits per heavy atom. The zero-order chi connectivity index (χ0) is 9.42. The van der Waals surface area contributed by atoms with Crippen LogP contribution in [0.5, 0.6) is 0 Å².